The number of aromatic nitrogens is 3. The smallest absolute Gasteiger partial charge is 0.225 e. The van der Waals surface area contributed by atoms with Crippen molar-refractivity contribution in [2.24, 2.45) is 11.8 Å². The zero-order valence-electron chi connectivity index (χ0n) is 14.2. The van der Waals surface area contributed by atoms with Crippen molar-refractivity contribution >= 4 is 5.91 Å². The summed E-state index contributed by atoms with van der Waals surface area (Å²) in [7, 11) is 0. The van der Waals surface area contributed by atoms with Crippen molar-refractivity contribution in [2.75, 3.05) is 19.7 Å². The van der Waals surface area contributed by atoms with E-state index in [1.54, 1.807) is 12.4 Å². The summed E-state index contributed by atoms with van der Waals surface area (Å²) in [4.78, 5) is 18.5. The number of rotatable bonds is 5. The number of nitrogens with one attached hydrogen (secondary N) is 1. The largest absolute Gasteiger partial charge is 0.492 e. The lowest BCUT2D eigenvalue weighted by Gasteiger charge is -2.33. The second-order valence-electron chi connectivity index (χ2n) is 6.61. The molecule has 1 aliphatic rings. The Labute approximate surface area is 142 Å². The maximum absolute atomic E-state index is 12.1. The van der Waals surface area contributed by atoms with E-state index in [0.717, 1.165) is 43.1 Å². The second kappa shape index (κ2) is 7.47. The molecule has 6 heteroatoms. The van der Waals surface area contributed by atoms with E-state index in [1.807, 2.05) is 36.9 Å². The van der Waals surface area contributed by atoms with Crippen LogP contribution in [0.5, 0.6) is 5.75 Å². The molecule has 0 aromatic carbocycles. The SMILES string of the molecule is CC(C)C(=O)N1CCC[C@@H](COc2ccc(-c3ccn[nH]3)nc2)C1. The van der Waals surface area contributed by atoms with Gasteiger partial charge in [0.2, 0.25) is 5.91 Å². The first-order valence-electron chi connectivity index (χ1n) is 8.51. The molecule has 1 saturated heterocycles. The van der Waals surface area contributed by atoms with Gasteiger partial charge in [-0.1, -0.05) is 13.8 Å². The van der Waals surface area contributed by atoms with E-state index in [2.05, 4.69) is 15.2 Å². The Morgan fingerprint density at radius 1 is 1.42 bits per heavy atom. The minimum absolute atomic E-state index is 0.0592. The highest BCUT2D eigenvalue weighted by Crippen LogP contribution is 2.21. The standard InChI is InChI=1S/C18H24N4O2/c1-13(2)18(23)22-9-3-4-14(11-22)12-24-15-5-6-16(19-10-15)17-7-8-20-21-17/h5-8,10,13-14H,3-4,9,11-12H2,1-2H3,(H,20,21)/t14-/m1/s1. The number of piperidine rings is 1. The van der Waals surface area contributed by atoms with Crippen molar-refractivity contribution in [3.8, 4) is 17.1 Å². The van der Waals surface area contributed by atoms with Gasteiger partial charge in [-0.2, -0.15) is 5.10 Å². The third kappa shape index (κ3) is 3.93. The minimum Gasteiger partial charge on any atom is -0.492 e. The van der Waals surface area contributed by atoms with Gasteiger partial charge in [0.05, 0.1) is 24.2 Å². The Morgan fingerprint density at radius 3 is 2.96 bits per heavy atom. The molecule has 0 bridgehead atoms. The molecule has 0 saturated carbocycles. The molecule has 1 N–H and O–H groups in total. The van der Waals surface area contributed by atoms with Crippen LogP contribution in [-0.2, 0) is 4.79 Å². The van der Waals surface area contributed by atoms with Crippen LogP contribution in [0.25, 0.3) is 11.4 Å². The molecule has 0 unspecified atom stereocenters. The zero-order chi connectivity index (χ0) is 16.9. The summed E-state index contributed by atoms with van der Waals surface area (Å²) in [6.45, 7) is 6.18. The van der Waals surface area contributed by atoms with E-state index in [-0.39, 0.29) is 11.8 Å². The molecule has 128 valence electrons. The van der Waals surface area contributed by atoms with Crippen LogP contribution in [-0.4, -0.2) is 45.7 Å². The van der Waals surface area contributed by atoms with Gasteiger partial charge in [0, 0.05) is 31.1 Å². The van der Waals surface area contributed by atoms with Crippen LogP contribution in [0.4, 0.5) is 0 Å². The fourth-order valence-corrected chi connectivity index (χ4v) is 3.00. The molecule has 1 aliphatic heterocycles. The van der Waals surface area contributed by atoms with Crippen molar-refractivity contribution in [3.63, 3.8) is 0 Å². The molecule has 24 heavy (non-hydrogen) atoms. The van der Waals surface area contributed by atoms with Crippen LogP contribution in [0.3, 0.4) is 0 Å². The van der Waals surface area contributed by atoms with E-state index in [9.17, 15) is 4.79 Å². The van der Waals surface area contributed by atoms with Gasteiger partial charge in [0.15, 0.2) is 0 Å². The molecule has 3 rings (SSSR count). The van der Waals surface area contributed by atoms with Crippen LogP contribution in [0.15, 0.2) is 30.6 Å². The third-order valence-corrected chi connectivity index (χ3v) is 4.32. The van der Waals surface area contributed by atoms with Crippen molar-refractivity contribution in [1.82, 2.24) is 20.1 Å². The topological polar surface area (TPSA) is 71.1 Å². The molecular formula is C18H24N4O2. The maximum Gasteiger partial charge on any atom is 0.225 e. The average Bonchev–Trinajstić information content (AvgIpc) is 3.14. The number of ether oxygens (including phenoxy) is 1. The highest BCUT2D eigenvalue weighted by atomic mass is 16.5. The number of carbonyl (C=O) groups excluding carboxylic acids is 1. The van der Waals surface area contributed by atoms with Crippen LogP contribution >= 0.6 is 0 Å². The van der Waals surface area contributed by atoms with Gasteiger partial charge >= 0.3 is 0 Å². The monoisotopic (exact) mass is 328 g/mol. The number of amides is 1. The quantitative estimate of drug-likeness (QED) is 0.916. The van der Waals surface area contributed by atoms with Crippen LogP contribution in [0.1, 0.15) is 26.7 Å². The number of likely N-dealkylation sites (tertiary alicyclic amines) is 1. The summed E-state index contributed by atoms with van der Waals surface area (Å²) >= 11 is 0. The van der Waals surface area contributed by atoms with Crippen molar-refractivity contribution in [2.45, 2.75) is 26.7 Å². The summed E-state index contributed by atoms with van der Waals surface area (Å²) < 4.78 is 5.88. The Hall–Kier alpha value is -2.37. The number of H-pyrrole nitrogens is 1. The normalized spacial score (nSPS) is 18.0. The van der Waals surface area contributed by atoms with Crippen LogP contribution < -0.4 is 4.74 Å². The molecule has 0 spiro atoms. The predicted octanol–water partition coefficient (Wildman–Crippen LogP) is 2.75. The Kier molecular flexibility index (Phi) is 5.13. The number of carbonyl (C=O) groups is 1. The van der Waals surface area contributed by atoms with Crippen molar-refractivity contribution < 1.29 is 9.53 Å². The lowest BCUT2D eigenvalue weighted by Crippen LogP contribution is -2.43. The van der Waals surface area contributed by atoms with Gasteiger partial charge < -0.3 is 9.64 Å². The Bertz CT molecular complexity index is 652. The molecular weight excluding hydrogens is 304 g/mol. The zero-order valence-corrected chi connectivity index (χ0v) is 14.2. The Balaban J connectivity index is 1.53. The molecule has 2 aromatic rings. The van der Waals surface area contributed by atoms with Gasteiger partial charge in [-0.15, -0.1) is 0 Å². The van der Waals surface area contributed by atoms with E-state index in [4.69, 9.17) is 4.74 Å². The predicted molar refractivity (Wildman–Crippen MR) is 91.5 cm³/mol. The third-order valence-electron chi connectivity index (χ3n) is 4.32. The lowest BCUT2D eigenvalue weighted by atomic mass is 9.98. The highest BCUT2D eigenvalue weighted by Gasteiger charge is 2.25. The summed E-state index contributed by atoms with van der Waals surface area (Å²) in [5.74, 6) is 1.44. The summed E-state index contributed by atoms with van der Waals surface area (Å²) in [6, 6.07) is 5.71. The number of pyridine rings is 1. The van der Waals surface area contributed by atoms with Gasteiger partial charge in [0.1, 0.15) is 5.75 Å². The highest BCUT2D eigenvalue weighted by molar-refractivity contribution is 5.78. The van der Waals surface area contributed by atoms with Gasteiger partial charge in [-0.05, 0) is 31.0 Å². The first-order valence-corrected chi connectivity index (χ1v) is 8.51. The summed E-state index contributed by atoms with van der Waals surface area (Å²) in [5, 5.41) is 6.81. The number of hydrogen-bond donors (Lipinski definition) is 1. The molecule has 3 heterocycles. The number of aromatic amines is 1. The maximum atomic E-state index is 12.1. The molecule has 1 fully saturated rings. The molecule has 1 amide bonds. The minimum atomic E-state index is 0.0592. The Morgan fingerprint density at radius 2 is 2.29 bits per heavy atom. The molecule has 0 aliphatic carbocycles. The molecule has 2 aromatic heterocycles. The van der Waals surface area contributed by atoms with E-state index >= 15 is 0 Å². The fraction of sp³-hybridized carbons (Fsp3) is 0.500. The van der Waals surface area contributed by atoms with E-state index < -0.39 is 0 Å². The first-order chi connectivity index (χ1) is 11.6. The van der Waals surface area contributed by atoms with Crippen molar-refractivity contribution in [3.05, 3.63) is 30.6 Å². The van der Waals surface area contributed by atoms with Gasteiger partial charge in [-0.3, -0.25) is 14.9 Å². The lowest BCUT2D eigenvalue weighted by molar-refractivity contribution is -0.136. The van der Waals surface area contributed by atoms with Crippen LogP contribution in [0, 0.1) is 11.8 Å². The fourth-order valence-electron chi connectivity index (χ4n) is 3.00. The van der Waals surface area contributed by atoms with E-state index in [1.165, 1.54) is 0 Å². The average molecular weight is 328 g/mol. The molecule has 6 nitrogen and oxygen atoms in total. The number of nitrogens with zero attached hydrogens (tertiary/aromatic N) is 3. The first kappa shape index (κ1) is 16.5. The van der Waals surface area contributed by atoms with Gasteiger partial charge in [-0.25, -0.2) is 0 Å². The second-order valence-corrected chi connectivity index (χ2v) is 6.61. The molecule has 0 radical (unpaired) electrons. The number of hydrogen-bond acceptors (Lipinski definition) is 4. The van der Waals surface area contributed by atoms with Crippen LogP contribution in [0.2, 0.25) is 0 Å². The van der Waals surface area contributed by atoms with Crippen molar-refractivity contribution in [1.29, 1.82) is 0 Å². The molecule has 1 atom stereocenters. The summed E-state index contributed by atoms with van der Waals surface area (Å²) in [5.41, 5.74) is 1.72. The van der Waals surface area contributed by atoms with E-state index in [0.29, 0.717) is 12.5 Å². The van der Waals surface area contributed by atoms with Gasteiger partial charge in [0.25, 0.3) is 0 Å². The summed E-state index contributed by atoms with van der Waals surface area (Å²) in [6.07, 6.45) is 5.58.